The Kier molecular flexibility index (Phi) is 4.16. The molecule has 11 heteroatoms. The Morgan fingerprint density at radius 1 is 1.21 bits per heavy atom. The minimum Gasteiger partial charge on any atom is -0.348 e. The lowest BCUT2D eigenvalue weighted by molar-refractivity contribution is -0.120. The number of hydrogen-bond acceptors (Lipinski definition) is 8. The number of urea groups is 1. The fourth-order valence-electron chi connectivity index (χ4n) is 3.80. The number of hydrogen-bond donors (Lipinski definition) is 1. The Hall–Kier alpha value is -3.47. The molecule has 0 radical (unpaired) electrons. The third kappa shape index (κ3) is 2.90. The van der Waals surface area contributed by atoms with Gasteiger partial charge in [0.1, 0.15) is 22.8 Å². The van der Waals surface area contributed by atoms with Gasteiger partial charge in [0.2, 0.25) is 0 Å². The van der Waals surface area contributed by atoms with Crippen molar-refractivity contribution < 1.29 is 14.4 Å². The number of rotatable bonds is 3. The molecule has 3 aromatic rings. The quantitative estimate of drug-likeness (QED) is 0.645. The van der Waals surface area contributed by atoms with Crippen LogP contribution in [0.3, 0.4) is 0 Å². The summed E-state index contributed by atoms with van der Waals surface area (Å²) < 4.78 is 8.41. The predicted molar refractivity (Wildman–Crippen MR) is 103 cm³/mol. The van der Waals surface area contributed by atoms with Crippen LogP contribution in [0.4, 0.5) is 10.5 Å². The van der Waals surface area contributed by atoms with Crippen LogP contribution >= 0.6 is 11.7 Å². The maximum Gasteiger partial charge on any atom is 0.332 e. The molecular formula is C18H15N7O3S. The summed E-state index contributed by atoms with van der Waals surface area (Å²) in [5.41, 5.74) is 1.84. The first-order valence-electron chi connectivity index (χ1n) is 9.06. The summed E-state index contributed by atoms with van der Waals surface area (Å²) >= 11 is 1.04. The molecule has 10 nitrogen and oxygen atoms in total. The average molecular weight is 409 g/mol. The van der Waals surface area contributed by atoms with Crippen LogP contribution in [0.2, 0.25) is 0 Å². The normalized spacial score (nSPS) is 21.5. The Bertz CT molecular complexity index is 1120. The molecule has 1 aromatic carbocycles. The molecule has 0 spiro atoms. The number of benzene rings is 1. The van der Waals surface area contributed by atoms with E-state index < -0.39 is 6.04 Å². The van der Waals surface area contributed by atoms with Crippen molar-refractivity contribution in [2.45, 2.75) is 24.9 Å². The number of carbonyl (C=O) groups is 3. The SMILES string of the molecule is O=C(NC1CCN2C(=O)N(c3cccc4nsnc34)C(=O)C2C1)c1cnccn1. The van der Waals surface area contributed by atoms with Crippen LogP contribution in [0.25, 0.3) is 11.0 Å². The van der Waals surface area contributed by atoms with E-state index >= 15 is 0 Å². The van der Waals surface area contributed by atoms with Gasteiger partial charge in [0, 0.05) is 25.0 Å². The summed E-state index contributed by atoms with van der Waals surface area (Å²) in [5, 5.41) is 2.89. The first kappa shape index (κ1) is 17.6. The molecule has 2 saturated heterocycles. The Balaban J connectivity index is 1.37. The summed E-state index contributed by atoms with van der Waals surface area (Å²) in [6, 6.07) is 4.02. The van der Waals surface area contributed by atoms with E-state index in [0.29, 0.717) is 36.1 Å². The van der Waals surface area contributed by atoms with Gasteiger partial charge in [-0.2, -0.15) is 8.75 Å². The van der Waals surface area contributed by atoms with Crippen molar-refractivity contribution >= 4 is 46.3 Å². The minimum atomic E-state index is -0.620. The van der Waals surface area contributed by atoms with E-state index in [2.05, 4.69) is 24.0 Å². The second-order valence-corrected chi connectivity index (χ2v) is 7.39. The summed E-state index contributed by atoms with van der Waals surface area (Å²) in [7, 11) is 0. The monoisotopic (exact) mass is 409 g/mol. The standard InChI is InChI=1S/C18H15N7O3S/c26-16(12-9-19-5-6-20-12)21-10-4-7-24-14(8-10)17(27)25(18(24)28)13-3-1-2-11-15(13)23-29-22-11/h1-3,5-6,9-10,14H,4,7-8H2,(H,21,26). The number of imide groups is 1. The van der Waals surface area contributed by atoms with Gasteiger partial charge in [-0.05, 0) is 25.0 Å². The van der Waals surface area contributed by atoms with Gasteiger partial charge in [-0.25, -0.2) is 14.7 Å². The van der Waals surface area contributed by atoms with Crippen molar-refractivity contribution in [2.75, 3.05) is 11.4 Å². The molecule has 2 unspecified atom stereocenters. The largest absolute Gasteiger partial charge is 0.348 e. The maximum absolute atomic E-state index is 13.1. The molecule has 2 aliphatic rings. The first-order chi connectivity index (χ1) is 14.1. The van der Waals surface area contributed by atoms with Gasteiger partial charge in [-0.15, -0.1) is 0 Å². The van der Waals surface area contributed by atoms with Gasteiger partial charge in [-0.1, -0.05) is 6.07 Å². The highest BCUT2D eigenvalue weighted by Crippen LogP contribution is 2.34. The zero-order valence-corrected chi connectivity index (χ0v) is 15.9. The minimum absolute atomic E-state index is 0.216. The third-order valence-corrected chi connectivity index (χ3v) is 5.72. The zero-order chi connectivity index (χ0) is 20.0. The van der Waals surface area contributed by atoms with Crippen LogP contribution < -0.4 is 10.2 Å². The number of aromatic nitrogens is 4. The van der Waals surface area contributed by atoms with Gasteiger partial charge >= 0.3 is 6.03 Å². The fourth-order valence-corrected chi connectivity index (χ4v) is 4.35. The summed E-state index contributed by atoms with van der Waals surface area (Å²) in [5.74, 6) is -0.655. The lowest BCUT2D eigenvalue weighted by Crippen LogP contribution is -2.49. The fraction of sp³-hybridized carbons (Fsp3) is 0.278. The van der Waals surface area contributed by atoms with Crippen molar-refractivity contribution in [3.8, 4) is 0 Å². The molecular weight excluding hydrogens is 394 g/mol. The molecule has 0 saturated carbocycles. The zero-order valence-electron chi connectivity index (χ0n) is 15.1. The lowest BCUT2D eigenvalue weighted by atomic mass is 9.98. The number of amides is 4. The summed E-state index contributed by atoms with van der Waals surface area (Å²) in [4.78, 5) is 49.0. The maximum atomic E-state index is 13.1. The molecule has 29 heavy (non-hydrogen) atoms. The van der Waals surface area contributed by atoms with Crippen molar-refractivity contribution in [3.05, 3.63) is 42.5 Å². The molecule has 4 heterocycles. The highest BCUT2D eigenvalue weighted by molar-refractivity contribution is 7.00. The number of nitrogens with one attached hydrogen (secondary N) is 1. The van der Waals surface area contributed by atoms with Crippen LogP contribution in [0, 0.1) is 0 Å². The van der Waals surface area contributed by atoms with Gasteiger partial charge < -0.3 is 10.2 Å². The number of fused-ring (bicyclic) bond motifs is 2. The van der Waals surface area contributed by atoms with E-state index in [1.54, 1.807) is 23.1 Å². The Morgan fingerprint density at radius 2 is 2.10 bits per heavy atom. The predicted octanol–water partition coefficient (Wildman–Crippen LogP) is 1.21. The van der Waals surface area contributed by atoms with E-state index in [0.717, 1.165) is 11.7 Å². The molecule has 2 aliphatic heterocycles. The van der Waals surface area contributed by atoms with Crippen molar-refractivity contribution in [1.82, 2.24) is 28.9 Å². The van der Waals surface area contributed by atoms with E-state index in [9.17, 15) is 14.4 Å². The van der Waals surface area contributed by atoms with Crippen LogP contribution in [-0.4, -0.2) is 60.1 Å². The molecule has 1 N–H and O–H groups in total. The highest BCUT2D eigenvalue weighted by Gasteiger charge is 2.49. The Morgan fingerprint density at radius 3 is 2.93 bits per heavy atom. The average Bonchev–Trinajstić information content (AvgIpc) is 3.32. The number of piperidine rings is 1. The second kappa shape index (κ2) is 6.85. The molecule has 2 atom stereocenters. The highest BCUT2D eigenvalue weighted by atomic mass is 32.1. The summed E-state index contributed by atoms with van der Waals surface area (Å²) in [6.07, 6.45) is 5.22. The van der Waals surface area contributed by atoms with E-state index in [-0.39, 0.29) is 29.6 Å². The molecule has 2 aromatic heterocycles. The van der Waals surface area contributed by atoms with Gasteiger partial charge in [0.15, 0.2) is 0 Å². The third-order valence-electron chi connectivity index (χ3n) is 5.18. The molecule has 0 bridgehead atoms. The number of nitrogens with zero attached hydrogens (tertiary/aromatic N) is 6. The van der Waals surface area contributed by atoms with Crippen LogP contribution in [0.5, 0.6) is 0 Å². The molecule has 5 rings (SSSR count). The summed E-state index contributed by atoms with van der Waals surface area (Å²) in [6.45, 7) is 0.377. The van der Waals surface area contributed by atoms with Gasteiger partial charge in [0.25, 0.3) is 11.8 Å². The Labute approximate surface area is 168 Å². The molecule has 2 fully saturated rings. The van der Waals surface area contributed by atoms with E-state index in [4.69, 9.17) is 0 Å². The number of carbonyl (C=O) groups excluding carboxylic acids is 3. The van der Waals surface area contributed by atoms with Crippen molar-refractivity contribution in [3.63, 3.8) is 0 Å². The smallest absolute Gasteiger partial charge is 0.332 e. The first-order valence-corrected chi connectivity index (χ1v) is 9.79. The van der Waals surface area contributed by atoms with E-state index in [1.807, 2.05) is 0 Å². The molecule has 4 amide bonds. The second-order valence-electron chi connectivity index (χ2n) is 6.86. The van der Waals surface area contributed by atoms with Crippen molar-refractivity contribution in [1.29, 1.82) is 0 Å². The molecule has 0 aliphatic carbocycles. The van der Waals surface area contributed by atoms with Gasteiger partial charge in [0.05, 0.1) is 23.6 Å². The van der Waals surface area contributed by atoms with E-state index in [1.165, 1.54) is 23.5 Å². The number of anilines is 1. The topological polar surface area (TPSA) is 121 Å². The lowest BCUT2D eigenvalue weighted by Gasteiger charge is -2.32. The van der Waals surface area contributed by atoms with Gasteiger partial charge in [-0.3, -0.25) is 14.6 Å². The van der Waals surface area contributed by atoms with Crippen LogP contribution in [0.15, 0.2) is 36.8 Å². The van der Waals surface area contributed by atoms with Crippen molar-refractivity contribution in [2.24, 2.45) is 0 Å². The van der Waals surface area contributed by atoms with Crippen LogP contribution in [0.1, 0.15) is 23.3 Å². The van der Waals surface area contributed by atoms with Crippen LogP contribution in [-0.2, 0) is 4.79 Å². The molecule has 146 valence electrons.